The summed E-state index contributed by atoms with van der Waals surface area (Å²) in [6.07, 6.45) is 1.60. The molecule has 0 unspecified atom stereocenters. The smallest absolute Gasteiger partial charge is 0.272 e. The number of carbonyl (C=O) groups is 1. The van der Waals surface area contributed by atoms with Gasteiger partial charge in [-0.1, -0.05) is 22.0 Å². The summed E-state index contributed by atoms with van der Waals surface area (Å²) in [6, 6.07) is 7.47. The Bertz CT molecular complexity index is 1130. The molecular weight excluding hydrogens is 424 g/mol. The molecular formula is C20H17BrN4O3. The van der Waals surface area contributed by atoms with Crippen LogP contribution in [0.3, 0.4) is 0 Å². The number of rotatable bonds is 2. The Kier molecular flexibility index (Phi) is 3.99. The van der Waals surface area contributed by atoms with Crippen LogP contribution in [-0.4, -0.2) is 34.4 Å². The van der Waals surface area contributed by atoms with Gasteiger partial charge in [-0.3, -0.25) is 4.79 Å². The van der Waals surface area contributed by atoms with E-state index in [1.54, 1.807) is 24.2 Å². The molecule has 3 aromatic rings. The highest BCUT2D eigenvalue weighted by Crippen LogP contribution is 2.38. The molecule has 0 radical (unpaired) electrons. The van der Waals surface area contributed by atoms with Crippen molar-refractivity contribution in [2.24, 2.45) is 0 Å². The predicted octanol–water partition coefficient (Wildman–Crippen LogP) is 3.21. The van der Waals surface area contributed by atoms with Crippen LogP contribution in [0, 0.1) is 0 Å². The molecule has 0 aliphatic carbocycles. The van der Waals surface area contributed by atoms with Gasteiger partial charge in [-0.2, -0.15) is 0 Å². The zero-order chi connectivity index (χ0) is 19.4. The molecule has 1 amide bonds. The molecule has 0 bridgehead atoms. The number of nitrogens with two attached hydrogens (primary N) is 1. The molecule has 142 valence electrons. The first-order chi connectivity index (χ1) is 13.5. The molecule has 5 rings (SSSR count). The van der Waals surface area contributed by atoms with Crippen LogP contribution in [0.1, 0.15) is 33.2 Å². The SMILES string of the molecule is CN(C(=O)c1cc2c3c(c(N)nc2cn1)COC3)[C@H]1COc2cc(Br)ccc21. The summed E-state index contributed by atoms with van der Waals surface area (Å²) in [7, 11) is 1.77. The highest BCUT2D eigenvalue weighted by molar-refractivity contribution is 9.10. The fourth-order valence-electron chi connectivity index (χ4n) is 3.80. The molecule has 0 fully saturated rings. The van der Waals surface area contributed by atoms with Crippen LogP contribution in [0.4, 0.5) is 5.82 Å². The first-order valence-corrected chi connectivity index (χ1v) is 9.66. The van der Waals surface area contributed by atoms with E-state index in [4.69, 9.17) is 15.2 Å². The summed E-state index contributed by atoms with van der Waals surface area (Å²) in [4.78, 5) is 23.5. The van der Waals surface area contributed by atoms with Crippen molar-refractivity contribution in [3.63, 3.8) is 0 Å². The lowest BCUT2D eigenvalue weighted by atomic mass is 10.0. The predicted molar refractivity (Wildman–Crippen MR) is 107 cm³/mol. The maximum absolute atomic E-state index is 13.1. The van der Waals surface area contributed by atoms with Crippen molar-refractivity contribution >= 4 is 38.6 Å². The summed E-state index contributed by atoms with van der Waals surface area (Å²) in [6.45, 7) is 1.33. The Labute approximate surface area is 169 Å². The van der Waals surface area contributed by atoms with E-state index in [9.17, 15) is 4.79 Å². The van der Waals surface area contributed by atoms with Crippen LogP contribution in [0.5, 0.6) is 5.75 Å². The lowest BCUT2D eigenvalue weighted by molar-refractivity contribution is 0.0703. The number of hydrogen-bond acceptors (Lipinski definition) is 6. The lowest BCUT2D eigenvalue weighted by Gasteiger charge is -2.23. The van der Waals surface area contributed by atoms with E-state index in [1.165, 1.54) is 0 Å². The number of hydrogen-bond donors (Lipinski definition) is 1. The number of anilines is 1. The molecule has 1 aromatic carbocycles. The van der Waals surface area contributed by atoms with Crippen molar-refractivity contribution in [1.82, 2.24) is 14.9 Å². The number of nitrogen functional groups attached to an aromatic ring is 1. The van der Waals surface area contributed by atoms with Gasteiger partial charge in [0.15, 0.2) is 0 Å². The minimum Gasteiger partial charge on any atom is -0.491 e. The highest BCUT2D eigenvalue weighted by Gasteiger charge is 2.31. The third kappa shape index (κ3) is 2.63. The van der Waals surface area contributed by atoms with Gasteiger partial charge in [0.1, 0.15) is 23.9 Å². The largest absolute Gasteiger partial charge is 0.491 e. The molecule has 2 aromatic heterocycles. The number of benzene rings is 1. The zero-order valence-electron chi connectivity index (χ0n) is 15.1. The number of carbonyl (C=O) groups excluding carboxylic acids is 1. The van der Waals surface area contributed by atoms with Crippen molar-refractivity contribution in [3.05, 3.63) is 57.3 Å². The summed E-state index contributed by atoms with van der Waals surface area (Å²) in [5, 5.41) is 0.862. The van der Waals surface area contributed by atoms with E-state index >= 15 is 0 Å². The Balaban J connectivity index is 1.51. The van der Waals surface area contributed by atoms with E-state index in [2.05, 4.69) is 25.9 Å². The minimum absolute atomic E-state index is 0.160. The molecule has 2 N–H and O–H groups in total. The zero-order valence-corrected chi connectivity index (χ0v) is 16.7. The first-order valence-electron chi connectivity index (χ1n) is 8.87. The minimum atomic E-state index is -0.171. The van der Waals surface area contributed by atoms with E-state index in [-0.39, 0.29) is 11.9 Å². The van der Waals surface area contributed by atoms with E-state index < -0.39 is 0 Å². The van der Waals surface area contributed by atoms with Crippen molar-refractivity contribution in [3.8, 4) is 5.75 Å². The highest BCUT2D eigenvalue weighted by atomic mass is 79.9. The number of amides is 1. The molecule has 0 spiro atoms. The van der Waals surface area contributed by atoms with Gasteiger partial charge in [0.05, 0.1) is 31.0 Å². The van der Waals surface area contributed by atoms with Crippen molar-refractivity contribution in [2.45, 2.75) is 19.3 Å². The monoisotopic (exact) mass is 440 g/mol. The Morgan fingerprint density at radius 3 is 2.96 bits per heavy atom. The van der Waals surface area contributed by atoms with Crippen LogP contribution in [0.15, 0.2) is 34.9 Å². The van der Waals surface area contributed by atoms with Crippen LogP contribution < -0.4 is 10.5 Å². The topological polar surface area (TPSA) is 90.6 Å². The molecule has 1 atom stereocenters. The molecule has 7 nitrogen and oxygen atoms in total. The second-order valence-electron chi connectivity index (χ2n) is 6.96. The molecule has 2 aliphatic rings. The van der Waals surface area contributed by atoms with Crippen molar-refractivity contribution in [1.29, 1.82) is 0 Å². The summed E-state index contributed by atoms with van der Waals surface area (Å²) < 4.78 is 12.2. The normalized spacial score (nSPS) is 17.3. The molecule has 28 heavy (non-hydrogen) atoms. The summed E-state index contributed by atoms with van der Waals surface area (Å²) in [5.74, 6) is 1.08. The number of nitrogens with zero attached hydrogens (tertiary/aromatic N) is 3. The molecule has 0 saturated heterocycles. The van der Waals surface area contributed by atoms with E-state index in [1.807, 2.05) is 18.2 Å². The third-order valence-corrected chi connectivity index (χ3v) is 5.85. The van der Waals surface area contributed by atoms with Crippen LogP contribution in [0.2, 0.25) is 0 Å². The average molecular weight is 441 g/mol. The van der Waals surface area contributed by atoms with Gasteiger partial charge in [-0.15, -0.1) is 0 Å². The standard InChI is InChI=1S/C20H17BrN4O3/c1-25(17-9-28-18-4-10(21)2-3-11(17)18)20(26)15-5-12-13-7-27-8-14(13)19(22)24-16(12)6-23-15/h2-6,17H,7-9H2,1H3,(H2,22,24)/t17-/m0/s1. The second kappa shape index (κ2) is 6.42. The first kappa shape index (κ1) is 17.4. The quantitative estimate of drug-likeness (QED) is 0.657. The van der Waals surface area contributed by atoms with Gasteiger partial charge in [-0.05, 0) is 23.8 Å². The maximum atomic E-state index is 13.1. The second-order valence-corrected chi connectivity index (χ2v) is 7.87. The van der Waals surface area contributed by atoms with E-state index in [0.717, 1.165) is 32.3 Å². The number of fused-ring (bicyclic) bond motifs is 4. The van der Waals surface area contributed by atoms with Gasteiger partial charge in [-0.25, -0.2) is 9.97 Å². The molecule has 8 heteroatoms. The van der Waals surface area contributed by atoms with Gasteiger partial charge < -0.3 is 20.1 Å². The van der Waals surface area contributed by atoms with E-state index in [0.29, 0.717) is 36.8 Å². The van der Waals surface area contributed by atoms with Gasteiger partial charge >= 0.3 is 0 Å². The third-order valence-electron chi connectivity index (χ3n) is 5.35. The number of ether oxygens (including phenoxy) is 2. The van der Waals surface area contributed by atoms with Crippen molar-refractivity contribution < 1.29 is 14.3 Å². The summed E-state index contributed by atoms with van der Waals surface area (Å²) >= 11 is 3.44. The molecule has 0 saturated carbocycles. The molecule has 4 heterocycles. The molecule has 2 aliphatic heterocycles. The number of pyridine rings is 2. The lowest BCUT2D eigenvalue weighted by Crippen LogP contribution is -2.32. The number of likely N-dealkylation sites (N-methyl/N-ethyl adjacent to an activating group) is 1. The number of aromatic nitrogens is 2. The summed E-state index contributed by atoms with van der Waals surface area (Å²) in [5.41, 5.74) is 9.91. The van der Waals surface area contributed by atoms with Crippen molar-refractivity contribution in [2.75, 3.05) is 19.4 Å². The fraction of sp³-hybridized carbons (Fsp3) is 0.250. The Morgan fingerprint density at radius 2 is 2.11 bits per heavy atom. The van der Waals surface area contributed by atoms with Gasteiger partial charge in [0.2, 0.25) is 0 Å². The number of halogens is 1. The maximum Gasteiger partial charge on any atom is 0.272 e. The Hall–Kier alpha value is -2.71. The Morgan fingerprint density at radius 1 is 1.29 bits per heavy atom. The van der Waals surface area contributed by atoms with Gasteiger partial charge in [0, 0.05) is 28.0 Å². The van der Waals surface area contributed by atoms with Crippen LogP contribution >= 0.6 is 15.9 Å². The average Bonchev–Trinajstić information content (AvgIpc) is 3.34. The fourth-order valence-corrected chi connectivity index (χ4v) is 4.14. The van der Waals surface area contributed by atoms with Crippen LogP contribution in [-0.2, 0) is 18.0 Å². The van der Waals surface area contributed by atoms with Crippen LogP contribution in [0.25, 0.3) is 10.9 Å². The van der Waals surface area contributed by atoms with Gasteiger partial charge in [0.25, 0.3) is 5.91 Å².